The van der Waals surface area contributed by atoms with Gasteiger partial charge in [-0.15, -0.1) is 0 Å². The van der Waals surface area contributed by atoms with Crippen LogP contribution in [0.2, 0.25) is 5.02 Å². The minimum Gasteiger partial charge on any atom is -0.496 e. The highest BCUT2D eigenvalue weighted by molar-refractivity contribution is 6.31. The minimum absolute atomic E-state index is 0.102. The number of nitrogens with zero attached hydrogens (tertiary/aromatic N) is 1. The summed E-state index contributed by atoms with van der Waals surface area (Å²) in [5.41, 5.74) is -0.492. The second kappa shape index (κ2) is 7.85. The summed E-state index contributed by atoms with van der Waals surface area (Å²) in [7, 11) is 1.37. The minimum atomic E-state index is -4.72. The molecule has 0 aliphatic heterocycles. The largest absolute Gasteiger partial charge is 0.496 e. The fraction of sp³-hybridized carbons (Fsp3) is 0.381. The molecule has 1 N–H and O–H groups in total. The number of methoxy groups -OCH3 is 1. The predicted octanol–water partition coefficient (Wildman–Crippen LogP) is 5.69. The fourth-order valence-electron chi connectivity index (χ4n) is 3.71. The summed E-state index contributed by atoms with van der Waals surface area (Å²) in [6.45, 7) is 0. The van der Waals surface area contributed by atoms with Crippen LogP contribution in [0.5, 0.6) is 5.75 Å². The Morgan fingerprint density at radius 2 is 1.93 bits per heavy atom. The second-order valence-corrected chi connectivity index (χ2v) is 7.68. The van der Waals surface area contributed by atoms with Gasteiger partial charge in [0.2, 0.25) is 0 Å². The Morgan fingerprint density at radius 1 is 1.24 bits per heavy atom. The number of aliphatic hydroxyl groups is 1. The first-order valence-corrected chi connectivity index (χ1v) is 9.27. The van der Waals surface area contributed by atoms with E-state index in [-0.39, 0.29) is 16.1 Å². The molecule has 2 aromatic rings. The normalized spacial score (nSPS) is 17.3. The molecule has 0 heterocycles. The van der Waals surface area contributed by atoms with Gasteiger partial charge in [0.15, 0.2) is 0 Å². The van der Waals surface area contributed by atoms with Crippen molar-refractivity contribution < 1.29 is 27.4 Å². The lowest BCUT2D eigenvalue weighted by Crippen LogP contribution is -2.33. The average molecular weight is 428 g/mol. The van der Waals surface area contributed by atoms with Gasteiger partial charge in [-0.3, -0.25) is 0 Å². The Morgan fingerprint density at radius 3 is 2.45 bits per heavy atom. The Labute approximate surface area is 170 Å². The zero-order chi connectivity index (χ0) is 21.4. The molecule has 3 nitrogen and oxygen atoms in total. The van der Waals surface area contributed by atoms with Crippen LogP contribution < -0.4 is 4.74 Å². The van der Waals surface area contributed by atoms with Crippen molar-refractivity contribution in [2.24, 2.45) is 5.92 Å². The third-order valence-electron chi connectivity index (χ3n) is 5.45. The standard InChI is InChI=1S/C21H18ClF4NO2/c1-29-18-5-3-13(23)9-15(18)20(6-7-20)10-16(21(24,25)26)19(28)14-4-2-12(11-27)8-17(14)22/h2-5,8-9,16,19,28H,6-7,10H2,1H3. The number of aliphatic hydroxyl groups excluding tert-OH is 1. The molecule has 0 saturated heterocycles. The van der Waals surface area contributed by atoms with Crippen LogP contribution in [-0.2, 0) is 5.41 Å². The van der Waals surface area contributed by atoms with Crippen molar-refractivity contribution in [3.63, 3.8) is 0 Å². The van der Waals surface area contributed by atoms with Crippen molar-refractivity contribution in [1.82, 2.24) is 0 Å². The third-order valence-corrected chi connectivity index (χ3v) is 5.77. The van der Waals surface area contributed by atoms with Gasteiger partial charge in [0.1, 0.15) is 11.6 Å². The van der Waals surface area contributed by atoms with E-state index >= 15 is 0 Å². The molecular formula is C21H18ClF4NO2. The van der Waals surface area contributed by atoms with Crippen molar-refractivity contribution in [1.29, 1.82) is 5.26 Å². The molecule has 0 spiro atoms. The van der Waals surface area contributed by atoms with E-state index in [9.17, 15) is 22.7 Å². The lowest BCUT2D eigenvalue weighted by Gasteiger charge is -2.30. The summed E-state index contributed by atoms with van der Waals surface area (Å²) in [4.78, 5) is 0. The van der Waals surface area contributed by atoms with Crippen LogP contribution in [0.4, 0.5) is 17.6 Å². The second-order valence-electron chi connectivity index (χ2n) is 7.27. The summed E-state index contributed by atoms with van der Waals surface area (Å²) >= 11 is 6.02. The Hall–Kier alpha value is -2.30. The number of halogens is 5. The van der Waals surface area contributed by atoms with Crippen molar-refractivity contribution >= 4 is 11.6 Å². The van der Waals surface area contributed by atoms with Gasteiger partial charge in [0.05, 0.1) is 30.8 Å². The molecule has 1 saturated carbocycles. The summed E-state index contributed by atoms with van der Waals surface area (Å²) in [6, 6.07) is 9.37. The first kappa shape index (κ1) is 21.4. The van der Waals surface area contributed by atoms with E-state index in [2.05, 4.69) is 0 Å². The maximum absolute atomic E-state index is 13.9. The molecule has 8 heteroatoms. The van der Waals surface area contributed by atoms with Gasteiger partial charge < -0.3 is 9.84 Å². The first-order chi connectivity index (χ1) is 13.6. The molecular weight excluding hydrogens is 410 g/mol. The number of benzene rings is 2. The summed E-state index contributed by atoms with van der Waals surface area (Å²) < 4.78 is 60.7. The van der Waals surface area contributed by atoms with Crippen LogP contribution in [0.1, 0.15) is 42.1 Å². The van der Waals surface area contributed by atoms with Crippen molar-refractivity contribution in [2.75, 3.05) is 7.11 Å². The van der Waals surface area contributed by atoms with Crippen LogP contribution in [0.15, 0.2) is 36.4 Å². The van der Waals surface area contributed by atoms with Gasteiger partial charge in [-0.2, -0.15) is 18.4 Å². The number of rotatable bonds is 6. The number of ether oxygens (including phenoxy) is 1. The molecule has 1 aliphatic carbocycles. The zero-order valence-corrected chi connectivity index (χ0v) is 16.2. The third kappa shape index (κ3) is 4.34. The van der Waals surface area contributed by atoms with E-state index in [0.717, 1.165) is 0 Å². The van der Waals surface area contributed by atoms with E-state index in [1.165, 1.54) is 43.5 Å². The van der Waals surface area contributed by atoms with Crippen LogP contribution in [-0.4, -0.2) is 18.4 Å². The average Bonchev–Trinajstić information content (AvgIpc) is 3.45. The lowest BCUT2D eigenvalue weighted by molar-refractivity contribution is -0.205. The van der Waals surface area contributed by atoms with Gasteiger partial charge >= 0.3 is 6.18 Å². The fourth-order valence-corrected chi connectivity index (χ4v) is 4.00. The Bertz CT molecular complexity index is 951. The van der Waals surface area contributed by atoms with Crippen LogP contribution in [0.3, 0.4) is 0 Å². The molecule has 29 heavy (non-hydrogen) atoms. The zero-order valence-electron chi connectivity index (χ0n) is 15.4. The number of hydrogen-bond acceptors (Lipinski definition) is 3. The molecule has 3 rings (SSSR count). The first-order valence-electron chi connectivity index (χ1n) is 8.89. The Balaban J connectivity index is 1.97. The van der Waals surface area contributed by atoms with E-state index < -0.39 is 35.9 Å². The number of nitriles is 1. The van der Waals surface area contributed by atoms with E-state index in [1.54, 1.807) is 0 Å². The van der Waals surface area contributed by atoms with Gasteiger partial charge in [0.25, 0.3) is 0 Å². The Kier molecular flexibility index (Phi) is 5.79. The summed E-state index contributed by atoms with van der Waals surface area (Å²) in [6.07, 6.45) is -6.23. The highest BCUT2D eigenvalue weighted by atomic mass is 35.5. The monoisotopic (exact) mass is 427 g/mol. The maximum Gasteiger partial charge on any atom is 0.394 e. The van der Waals surface area contributed by atoms with Gasteiger partial charge in [-0.05, 0) is 60.6 Å². The summed E-state index contributed by atoms with van der Waals surface area (Å²) in [5.74, 6) is -2.37. The van der Waals surface area contributed by atoms with E-state index in [4.69, 9.17) is 21.6 Å². The smallest absolute Gasteiger partial charge is 0.394 e. The molecule has 1 fully saturated rings. The SMILES string of the molecule is COc1ccc(F)cc1C1(CC(C(O)c2ccc(C#N)cc2Cl)C(F)(F)F)CC1. The van der Waals surface area contributed by atoms with E-state index in [0.29, 0.717) is 24.2 Å². The maximum atomic E-state index is 13.9. The van der Waals surface area contributed by atoms with Gasteiger partial charge in [0, 0.05) is 10.6 Å². The topological polar surface area (TPSA) is 53.2 Å². The van der Waals surface area contributed by atoms with Crippen molar-refractivity contribution in [2.45, 2.75) is 37.0 Å². The highest BCUT2D eigenvalue weighted by Crippen LogP contribution is 2.58. The quantitative estimate of drug-likeness (QED) is 0.602. The summed E-state index contributed by atoms with van der Waals surface area (Å²) in [5, 5.41) is 19.4. The van der Waals surface area contributed by atoms with Gasteiger partial charge in [-0.25, -0.2) is 4.39 Å². The predicted molar refractivity (Wildman–Crippen MR) is 99.2 cm³/mol. The molecule has 2 atom stereocenters. The molecule has 0 aromatic heterocycles. The van der Waals surface area contributed by atoms with Crippen LogP contribution in [0, 0.1) is 23.1 Å². The number of hydrogen-bond donors (Lipinski definition) is 1. The lowest BCUT2D eigenvalue weighted by atomic mass is 9.80. The van der Waals surface area contributed by atoms with Crippen molar-refractivity contribution in [3.05, 3.63) is 63.9 Å². The molecule has 154 valence electrons. The highest BCUT2D eigenvalue weighted by Gasteiger charge is 2.55. The molecule has 0 radical (unpaired) electrons. The number of alkyl halides is 3. The molecule has 0 bridgehead atoms. The van der Waals surface area contributed by atoms with Crippen molar-refractivity contribution in [3.8, 4) is 11.8 Å². The molecule has 0 amide bonds. The van der Waals surface area contributed by atoms with Crippen LogP contribution >= 0.6 is 11.6 Å². The molecule has 1 aliphatic rings. The van der Waals surface area contributed by atoms with Crippen LogP contribution in [0.25, 0.3) is 0 Å². The molecule has 2 aromatic carbocycles. The van der Waals surface area contributed by atoms with Gasteiger partial charge in [-0.1, -0.05) is 17.7 Å². The van der Waals surface area contributed by atoms with E-state index in [1.807, 2.05) is 6.07 Å². The molecule has 2 unspecified atom stereocenters.